The minimum atomic E-state index is -0.0176. The van der Waals surface area contributed by atoms with Gasteiger partial charge in [0, 0.05) is 18.7 Å². The molecule has 0 saturated heterocycles. The van der Waals surface area contributed by atoms with Gasteiger partial charge < -0.3 is 11.1 Å². The molecule has 1 aromatic carbocycles. The van der Waals surface area contributed by atoms with Crippen LogP contribution in [-0.4, -0.2) is 12.5 Å². The standard InChI is InChI=1S/C13H20N2O/c1-10(2)6-7-15-13(16)12-5-3-4-11(8-12)9-14/h3-5,8,10H,6-7,9,14H2,1-2H3,(H,15,16). The lowest BCUT2D eigenvalue weighted by atomic mass is 10.1. The van der Waals surface area contributed by atoms with Crippen molar-refractivity contribution in [3.05, 3.63) is 35.4 Å². The van der Waals surface area contributed by atoms with Gasteiger partial charge in [0.05, 0.1) is 0 Å². The Kier molecular flexibility index (Phi) is 4.99. The summed E-state index contributed by atoms with van der Waals surface area (Å²) in [5.74, 6) is 0.589. The highest BCUT2D eigenvalue weighted by molar-refractivity contribution is 5.94. The highest BCUT2D eigenvalue weighted by atomic mass is 16.1. The largest absolute Gasteiger partial charge is 0.352 e. The van der Waals surface area contributed by atoms with Gasteiger partial charge in [0.25, 0.3) is 5.91 Å². The van der Waals surface area contributed by atoms with Crippen LogP contribution in [0.5, 0.6) is 0 Å². The topological polar surface area (TPSA) is 55.1 Å². The number of hydrogen-bond acceptors (Lipinski definition) is 2. The first kappa shape index (κ1) is 12.7. The predicted molar refractivity (Wildman–Crippen MR) is 66.1 cm³/mol. The molecule has 0 atom stereocenters. The summed E-state index contributed by atoms with van der Waals surface area (Å²) < 4.78 is 0. The van der Waals surface area contributed by atoms with Gasteiger partial charge in [0.15, 0.2) is 0 Å². The molecule has 0 heterocycles. The lowest BCUT2D eigenvalue weighted by molar-refractivity contribution is 0.0952. The van der Waals surface area contributed by atoms with E-state index in [0.29, 0.717) is 18.0 Å². The lowest BCUT2D eigenvalue weighted by Crippen LogP contribution is -2.25. The second kappa shape index (κ2) is 6.28. The molecule has 1 aromatic rings. The first-order chi connectivity index (χ1) is 7.63. The van der Waals surface area contributed by atoms with Crippen molar-refractivity contribution >= 4 is 5.91 Å². The molecule has 1 rings (SSSR count). The van der Waals surface area contributed by atoms with Gasteiger partial charge in [-0.05, 0) is 30.0 Å². The monoisotopic (exact) mass is 220 g/mol. The zero-order chi connectivity index (χ0) is 12.0. The minimum absolute atomic E-state index is 0.0176. The Hall–Kier alpha value is -1.35. The van der Waals surface area contributed by atoms with Crippen molar-refractivity contribution in [3.63, 3.8) is 0 Å². The Balaban J connectivity index is 2.52. The number of benzene rings is 1. The van der Waals surface area contributed by atoms with Gasteiger partial charge in [0.1, 0.15) is 0 Å². The van der Waals surface area contributed by atoms with Gasteiger partial charge >= 0.3 is 0 Å². The molecule has 0 spiro atoms. The van der Waals surface area contributed by atoms with E-state index < -0.39 is 0 Å². The predicted octanol–water partition coefficient (Wildman–Crippen LogP) is 1.92. The molecule has 0 aromatic heterocycles. The number of nitrogens with one attached hydrogen (secondary N) is 1. The van der Waals surface area contributed by atoms with E-state index in [2.05, 4.69) is 19.2 Å². The quantitative estimate of drug-likeness (QED) is 0.796. The summed E-state index contributed by atoms with van der Waals surface area (Å²) >= 11 is 0. The fourth-order valence-corrected chi connectivity index (χ4v) is 1.42. The molecule has 1 amide bonds. The van der Waals surface area contributed by atoms with Gasteiger partial charge in [-0.25, -0.2) is 0 Å². The summed E-state index contributed by atoms with van der Waals surface area (Å²) in [5, 5.41) is 2.90. The van der Waals surface area contributed by atoms with E-state index in [4.69, 9.17) is 5.73 Å². The molecule has 0 fully saturated rings. The highest BCUT2D eigenvalue weighted by Crippen LogP contribution is 2.05. The van der Waals surface area contributed by atoms with Crippen LogP contribution < -0.4 is 11.1 Å². The van der Waals surface area contributed by atoms with Gasteiger partial charge in [-0.2, -0.15) is 0 Å². The number of carbonyl (C=O) groups excluding carboxylic acids is 1. The lowest BCUT2D eigenvalue weighted by Gasteiger charge is -2.07. The summed E-state index contributed by atoms with van der Waals surface area (Å²) in [4.78, 5) is 11.7. The van der Waals surface area contributed by atoms with Crippen molar-refractivity contribution in [2.24, 2.45) is 11.7 Å². The second-order valence-corrected chi connectivity index (χ2v) is 4.34. The van der Waals surface area contributed by atoms with Crippen LogP contribution in [0.4, 0.5) is 0 Å². The van der Waals surface area contributed by atoms with Crippen molar-refractivity contribution < 1.29 is 4.79 Å². The van der Waals surface area contributed by atoms with Crippen LogP contribution in [0.2, 0.25) is 0 Å². The van der Waals surface area contributed by atoms with E-state index in [1.807, 2.05) is 24.3 Å². The van der Waals surface area contributed by atoms with Crippen LogP contribution in [-0.2, 0) is 6.54 Å². The van der Waals surface area contributed by atoms with Crippen LogP contribution in [0.1, 0.15) is 36.2 Å². The molecular weight excluding hydrogens is 200 g/mol. The molecule has 0 saturated carbocycles. The van der Waals surface area contributed by atoms with Crippen LogP contribution >= 0.6 is 0 Å². The van der Waals surface area contributed by atoms with E-state index in [1.54, 1.807) is 0 Å². The minimum Gasteiger partial charge on any atom is -0.352 e. The normalized spacial score (nSPS) is 10.5. The molecule has 3 heteroatoms. The van der Waals surface area contributed by atoms with Gasteiger partial charge in [0.2, 0.25) is 0 Å². The van der Waals surface area contributed by atoms with E-state index in [1.165, 1.54) is 0 Å². The average molecular weight is 220 g/mol. The van der Waals surface area contributed by atoms with Crippen molar-refractivity contribution in [2.45, 2.75) is 26.8 Å². The highest BCUT2D eigenvalue weighted by Gasteiger charge is 2.05. The van der Waals surface area contributed by atoms with Crippen LogP contribution in [0.25, 0.3) is 0 Å². The molecule has 3 nitrogen and oxygen atoms in total. The van der Waals surface area contributed by atoms with Crippen LogP contribution in [0, 0.1) is 5.92 Å². The zero-order valence-corrected chi connectivity index (χ0v) is 9.99. The Labute approximate surface area is 97.0 Å². The van der Waals surface area contributed by atoms with Crippen molar-refractivity contribution in [1.82, 2.24) is 5.32 Å². The summed E-state index contributed by atoms with van der Waals surface area (Å²) in [6, 6.07) is 7.43. The molecule has 0 aliphatic carbocycles. The van der Waals surface area contributed by atoms with Gasteiger partial charge in [-0.15, -0.1) is 0 Å². The summed E-state index contributed by atoms with van der Waals surface area (Å²) in [7, 11) is 0. The third kappa shape index (κ3) is 4.03. The van der Waals surface area contributed by atoms with Crippen molar-refractivity contribution in [3.8, 4) is 0 Å². The first-order valence-corrected chi connectivity index (χ1v) is 5.70. The molecule has 0 bridgehead atoms. The fraction of sp³-hybridized carbons (Fsp3) is 0.462. The summed E-state index contributed by atoms with van der Waals surface area (Å²) in [5.41, 5.74) is 7.20. The SMILES string of the molecule is CC(C)CCNC(=O)c1cccc(CN)c1. The Bertz CT molecular complexity index is 348. The maximum absolute atomic E-state index is 11.7. The smallest absolute Gasteiger partial charge is 0.251 e. The molecule has 0 aliphatic heterocycles. The Morgan fingerprint density at radius 3 is 2.81 bits per heavy atom. The molecule has 88 valence electrons. The van der Waals surface area contributed by atoms with Crippen molar-refractivity contribution in [2.75, 3.05) is 6.54 Å². The Morgan fingerprint density at radius 1 is 1.44 bits per heavy atom. The summed E-state index contributed by atoms with van der Waals surface area (Å²) in [6.45, 7) is 5.47. The fourth-order valence-electron chi connectivity index (χ4n) is 1.42. The third-order valence-corrected chi connectivity index (χ3v) is 2.43. The first-order valence-electron chi connectivity index (χ1n) is 5.70. The second-order valence-electron chi connectivity index (χ2n) is 4.34. The molecule has 3 N–H and O–H groups in total. The van der Waals surface area contributed by atoms with Crippen molar-refractivity contribution in [1.29, 1.82) is 0 Å². The molecule has 16 heavy (non-hydrogen) atoms. The maximum Gasteiger partial charge on any atom is 0.251 e. The maximum atomic E-state index is 11.7. The summed E-state index contributed by atoms with van der Waals surface area (Å²) in [6.07, 6.45) is 1.00. The number of amides is 1. The van der Waals surface area contributed by atoms with Crippen LogP contribution in [0.15, 0.2) is 24.3 Å². The Morgan fingerprint density at radius 2 is 2.19 bits per heavy atom. The zero-order valence-electron chi connectivity index (χ0n) is 9.99. The van der Waals surface area contributed by atoms with E-state index in [0.717, 1.165) is 18.5 Å². The van der Waals surface area contributed by atoms with Gasteiger partial charge in [-0.3, -0.25) is 4.79 Å². The average Bonchev–Trinajstić information content (AvgIpc) is 2.28. The van der Waals surface area contributed by atoms with Crippen LogP contribution in [0.3, 0.4) is 0 Å². The number of nitrogens with two attached hydrogens (primary N) is 1. The molecule has 0 aliphatic rings. The van der Waals surface area contributed by atoms with E-state index in [9.17, 15) is 4.79 Å². The molecule has 0 unspecified atom stereocenters. The van der Waals surface area contributed by atoms with E-state index in [-0.39, 0.29) is 5.91 Å². The van der Waals surface area contributed by atoms with Gasteiger partial charge in [-0.1, -0.05) is 26.0 Å². The molecule has 0 radical (unpaired) electrons. The third-order valence-electron chi connectivity index (χ3n) is 2.43. The number of hydrogen-bond donors (Lipinski definition) is 2. The van der Waals surface area contributed by atoms with E-state index >= 15 is 0 Å². The molecular formula is C13H20N2O. The number of rotatable bonds is 5. The number of carbonyl (C=O) groups is 1.